The molecular weight excluding hydrogens is 479 g/mol. The molecule has 5 nitrogen and oxygen atoms in total. The number of fused-ring (bicyclic) bond motifs is 1. The number of nitrogens with zero attached hydrogens (tertiary/aromatic N) is 1. The summed E-state index contributed by atoms with van der Waals surface area (Å²) in [5.74, 6) is 1.03. The highest BCUT2D eigenvalue weighted by molar-refractivity contribution is 14.1. The first-order valence-electron chi connectivity index (χ1n) is 9.14. The molecule has 0 aliphatic rings. The van der Waals surface area contributed by atoms with Crippen molar-refractivity contribution in [3.8, 4) is 17.2 Å². The van der Waals surface area contributed by atoms with Crippen LogP contribution in [0.1, 0.15) is 11.1 Å². The van der Waals surface area contributed by atoms with Crippen molar-refractivity contribution in [2.24, 2.45) is 0 Å². The van der Waals surface area contributed by atoms with E-state index in [1.807, 2.05) is 56.3 Å². The van der Waals surface area contributed by atoms with Crippen LogP contribution < -0.4 is 10.1 Å². The summed E-state index contributed by atoms with van der Waals surface area (Å²) in [6, 6.07) is 19.2. The molecule has 0 aliphatic carbocycles. The summed E-state index contributed by atoms with van der Waals surface area (Å²) in [6.07, 6.45) is 0. The van der Waals surface area contributed by atoms with Crippen molar-refractivity contribution in [3.63, 3.8) is 0 Å². The third-order valence-electron chi connectivity index (χ3n) is 4.43. The molecule has 1 amide bonds. The smallest absolute Gasteiger partial charge is 0.262 e. The van der Waals surface area contributed by atoms with Gasteiger partial charge < -0.3 is 14.5 Å². The molecule has 0 spiro atoms. The number of oxazole rings is 1. The fourth-order valence-corrected chi connectivity index (χ4v) is 3.59. The van der Waals surface area contributed by atoms with Gasteiger partial charge in [-0.3, -0.25) is 4.79 Å². The van der Waals surface area contributed by atoms with E-state index in [0.29, 0.717) is 28.4 Å². The minimum atomic E-state index is -0.231. The second-order valence-corrected chi connectivity index (χ2v) is 8.06. The standard InChI is InChI=1S/C23H19IN2O3/c1-14-6-8-20(15(2)10-14)28-13-22(27)25-18-7-9-21-19(12-18)26-23(29-21)16-4-3-5-17(24)11-16/h3-12H,13H2,1-2H3,(H,25,27). The molecule has 29 heavy (non-hydrogen) atoms. The maximum atomic E-state index is 12.3. The first kappa shape index (κ1) is 19.4. The van der Waals surface area contributed by atoms with Crippen LogP contribution in [0, 0.1) is 17.4 Å². The van der Waals surface area contributed by atoms with Crippen molar-refractivity contribution in [2.45, 2.75) is 13.8 Å². The number of aryl methyl sites for hydroxylation is 2. The molecule has 1 N–H and O–H groups in total. The summed E-state index contributed by atoms with van der Waals surface area (Å²) >= 11 is 2.26. The molecule has 0 fully saturated rings. The van der Waals surface area contributed by atoms with Crippen molar-refractivity contribution >= 4 is 45.3 Å². The SMILES string of the molecule is Cc1ccc(OCC(=O)Nc2ccc3oc(-c4cccc(I)c4)nc3c2)c(C)c1. The monoisotopic (exact) mass is 498 g/mol. The fraction of sp³-hybridized carbons (Fsp3) is 0.130. The lowest BCUT2D eigenvalue weighted by molar-refractivity contribution is -0.118. The Morgan fingerprint density at radius 3 is 2.76 bits per heavy atom. The largest absolute Gasteiger partial charge is 0.483 e. The molecule has 0 saturated carbocycles. The van der Waals surface area contributed by atoms with Gasteiger partial charge in [-0.05, 0) is 84.5 Å². The highest BCUT2D eigenvalue weighted by Gasteiger charge is 2.11. The van der Waals surface area contributed by atoms with Gasteiger partial charge in [0.05, 0.1) is 0 Å². The minimum Gasteiger partial charge on any atom is -0.483 e. The molecule has 146 valence electrons. The number of aromatic nitrogens is 1. The molecule has 6 heteroatoms. The van der Waals surface area contributed by atoms with Crippen LogP contribution in [-0.2, 0) is 4.79 Å². The molecule has 0 saturated heterocycles. The van der Waals surface area contributed by atoms with Gasteiger partial charge in [0, 0.05) is 14.8 Å². The average molecular weight is 498 g/mol. The van der Waals surface area contributed by atoms with Gasteiger partial charge in [-0.25, -0.2) is 4.98 Å². The summed E-state index contributed by atoms with van der Waals surface area (Å²) in [6.45, 7) is 3.92. The Morgan fingerprint density at radius 2 is 1.97 bits per heavy atom. The highest BCUT2D eigenvalue weighted by atomic mass is 127. The van der Waals surface area contributed by atoms with Gasteiger partial charge in [0.15, 0.2) is 12.2 Å². The molecule has 0 unspecified atom stereocenters. The third-order valence-corrected chi connectivity index (χ3v) is 5.10. The zero-order valence-electron chi connectivity index (χ0n) is 16.0. The number of ether oxygens (including phenoxy) is 1. The lowest BCUT2D eigenvalue weighted by atomic mass is 10.1. The van der Waals surface area contributed by atoms with Crippen LogP contribution in [0.5, 0.6) is 5.75 Å². The predicted octanol–water partition coefficient (Wildman–Crippen LogP) is 5.73. The number of anilines is 1. The number of carbonyl (C=O) groups excluding carboxylic acids is 1. The van der Waals surface area contributed by atoms with E-state index in [-0.39, 0.29) is 12.5 Å². The van der Waals surface area contributed by atoms with Gasteiger partial charge in [0.2, 0.25) is 5.89 Å². The highest BCUT2D eigenvalue weighted by Crippen LogP contribution is 2.27. The van der Waals surface area contributed by atoms with Crippen LogP contribution in [0.25, 0.3) is 22.6 Å². The molecule has 4 rings (SSSR count). The molecule has 3 aromatic carbocycles. The predicted molar refractivity (Wildman–Crippen MR) is 122 cm³/mol. The second kappa shape index (κ2) is 8.24. The summed E-state index contributed by atoms with van der Waals surface area (Å²) in [4.78, 5) is 16.8. The Balaban J connectivity index is 1.46. The van der Waals surface area contributed by atoms with E-state index >= 15 is 0 Å². The van der Waals surface area contributed by atoms with Crippen molar-refractivity contribution < 1.29 is 13.9 Å². The van der Waals surface area contributed by atoms with Crippen LogP contribution in [0.3, 0.4) is 0 Å². The van der Waals surface area contributed by atoms with E-state index < -0.39 is 0 Å². The topological polar surface area (TPSA) is 64.4 Å². The Kier molecular flexibility index (Phi) is 5.53. The summed E-state index contributed by atoms with van der Waals surface area (Å²) in [7, 11) is 0. The normalized spacial score (nSPS) is 10.9. The summed E-state index contributed by atoms with van der Waals surface area (Å²) < 4.78 is 12.6. The molecular formula is C23H19IN2O3. The molecule has 1 heterocycles. The van der Waals surface area contributed by atoms with Crippen LogP contribution in [0.4, 0.5) is 5.69 Å². The number of hydrogen-bond acceptors (Lipinski definition) is 4. The van der Waals surface area contributed by atoms with Crippen molar-refractivity contribution in [2.75, 3.05) is 11.9 Å². The van der Waals surface area contributed by atoms with Crippen molar-refractivity contribution in [1.29, 1.82) is 0 Å². The quantitative estimate of drug-likeness (QED) is 0.357. The summed E-state index contributed by atoms with van der Waals surface area (Å²) in [5, 5.41) is 2.85. The zero-order chi connectivity index (χ0) is 20.4. The van der Waals surface area contributed by atoms with Crippen LogP contribution in [0.15, 0.2) is 65.1 Å². The van der Waals surface area contributed by atoms with Gasteiger partial charge in [-0.15, -0.1) is 0 Å². The van der Waals surface area contributed by atoms with Gasteiger partial charge in [-0.2, -0.15) is 0 Å². The maximum absolute atomic E-state index is 12.3. The third kappa shape index (κ3) is 4.59. The first-order valence-corrected chi connectivity index (χ1v) is 10.2. The number of carbonyl (C=O) groups is 1. The van der Waals surface area contributed by atoms with Gasteiger partial charge >= 0.3 is 0 Å². The first-order chi connectivity index (χ1) is 14.0. The van der Waals surface area contributed by atoms with E-state index in [1.165, 1.54) is 0 Å². The molecule has 4 aromatic rings. The van der Waals surface area contributed by atoms with E-state index in [2.05, 4.69) is 32.9 Å². The van der Waals surface area contributed by atoms with E-state index in [9.17, 15) is 4.79 Å². The minimum absolute atomic E-state index is 0.0611. The lowest BCUT2D eigenvalue weighted by Crippen LogP contribution is -2.20. The molecule has 0 atom stereocenters. The molecule has 0 radical (unpaired) electrons. The number of nitrogens with one attached hydrogen (secondary N) is 1. The van der Waals surface area contributed by atoms with E-state index in [0.717, 1.165) is 20.3 Å². The fourth-order valence-electron chi connectivity index (χ4n) is 3.05. The Morgan fingerprint density at radius 1 is 1.10 bits per heavy atom. The van der Waals surface area contributed by atoms with Gasteiger partial charge in [-0.1, -0.05) is 23.8 Å². The Bertz CT molecular complexity index is 1200. The summed E-state index contributed by atoms with van der Waals surface area (Å²) in [5.41, 5.74) is 5.08. The number of benzene rings is 3. The molecule has 0 bridgehead atoms. The average Bonchev–Trinajstić information content (AvgIpc) is 3.11. The van der Waals surface area contributed by atoms with E-state index in [4.69, 9.17) is 9.15 Å². The number of hydrogen-bond donors (Lipinski definition) is 1. The molecule has 1 aromatic heterocycles. The Labute approximate surface area is 182 Å². The maximum Gasteiger partial charge on any atom is 0.262 e. The lowest BCUT2D eigenvalue weighted by Gasteiger charge is -2.10. The van der Waals surface area contributed by atoms with Crippen LogP contribution in [0.2, 0.25) is 0 Å². The van der Waals surface area contributed by atoms with Gasteiger partial charge in [0.1, 0.15) is 11.3 Å². The Hall–Kier alpha value is -2.87. The van der Waals surface area contributed by atoms with Crippen LogP contribution in [-0.4, -0.2) is 17.5 Å². The number of halogens is 1. The second-order valence-electron chi connectivity index (χ2n) is 6.82. The molecule has 0 aliphatic heterocycles. The number of rotatable bonds is 5. The van der Waals surface area contributed by atoms with Crippen molar-refractivity contribution in [3.05, 3.63) is 75.4 Å². The van der Waals surface area contributed by atoms with Crippen LogP contribution >= 0.6 is 22.6 Å². The van der Waals surface area contributed by atoms with E-state index in [1.54, 1.807) is 18.2 Å². The van der Waals surface area contributed by atoms with Gasteiger partial charge in [0.25, 0.3) is 5.91 Å². The number of amides is 1. The zero-order valence-corrected chi connectivity index (χ0v) is 18.2. The van der Waals surface area contributed by atoms with Crippen molar-refractivity contribution in [1.82, 2.24) is 4.98 Å².